The van der Waals surface area contributed by atoms with Crippen LogP contribution in [0.1, 0.15) is 35.8 Å². The highest BCUT2D eigenvalue weighted by Gasteiger charge is 2.33. The van der Waals surface area contributed by atoms with Crippen molar-refractivity contribution in [1.82, 2.24) is 3.97 Å². The van der Waals surface area contributed by atoms with Gasteiger partial charge in [0.1, 0.15) is 0 Å². The molecule has 0 N–H and O–H groups in total. The van der Waals surface area contributed by atoms with Crippen LogP contribution in [0.25, 0.3) is 10.9 Å². The smallest absolute Gasteiger partial charge is 0.268 e. The van der Waals surface area contributed by atoms with E-state index >= 15 is 0 Å². The second kappa shape index (κ2) is 6.51. The third kappa shape index (κ3) is 2.71. The Hall–Kier alpha value is -1.63. The number of ether oxygens (including phenoxy) is 1. The Morgan fingerprint density at radius 2 is 1.88 bits per heavy atom. The van der Waals surface area contributed by atoms with Crippen molar-refractivity contribution in [1.29, 1.82) is 0 Å². The fraction of sp³-hybridized carbons (Fsp3) is 0.300. The van der Waals surface area contributed by atoms with Crippen molar-refractivity contribution < 1.29 is 13.2 Å². The van der Waals surface area contributed by atoms with Crippen LogP contribution in [0.15, 0.2) is 51.8 Å². The number of rotatable bonds is 3. The van der Waals surface area contributed by atoms with Crippen molar-refractivity contribution in [3.8, 4) is 0 Å². The lowest BCUT2D eigenvalue weighted by atomic mass is 9.93. The molecule has 0 saturated heterocycles. The van der Waals surface area contributed by atoms with Gasteiger partial charge >= 0.3 is 0 Å². The number of hydrogen-bond acceptors (Lipinski definition) is 3. The zero-order valence-corrected chi connectivity index (χ0v) is 17.1. The van der Waals surface area contributed by atoms with E-state index in [1.807, 2.05) is 37.3 Å². The molecule has 0 fully saturated rings. The first-order valence-corrected chi connectivity index (χ1v) is 10.8. The molecule has 0 spiro atoms. The fourth-order valence-corrected chi connectivity index (χ4v) is 5.77. The van der Waals surface area contributed by atoms with Crippen LogP contribution in [-0.2, 0) is 21.2 Å². The lowest BCUT2D eigenvalue weighted by Gasteiger charge is -2.24. The van der Waals surface area contributed by atoms with Gasteiger partial charge in [0.25, 0.3) is 10.0 Å². The van der Waals surface area contributed by atoms with Gasteiger partial charge in [-0.2, -0.15) is 0 Å². The van der Waals surface area contributed by atoms with Crippen molar-refractivity contribution in [3.63, 3.8) is 0 Å². The summed E-state index contributed by atoms with van der Waals surface area (Å²) in [5, 5.41) is 0.979. The predicted octanol–water partition coefficient (Wildman–Crippen LogP) is 4.97. The maximum absolute atomic E-state index is 13.5. The minimum Gasteiger partial charge on any atom is -0.375 e. The molecule has 136 valence electrons. The van der Waals surface area contributed by atoms with E-state index in [9.17, 15) is 8.42 Å². The number of benzene rings is 2. The highest BCUT2D eigenvalue weighted by molar-refractivity contribution is 9.10. The summed E-state index contributed by atoms with van der Waals surface area (Å²) in [5.74, 6) is 0. The molecule has 1 aromatic heterocycles. The zero-order chi connectivity index (χ0) is 18.5. The van der Waals surface area contributed by atoms with Gasteiger partial charge in [-0.05, 0) is 62.1 Å². The molecule has 0 amide bonds. The lowest BCUT2D eigenvalue weighted by Crippen LogP contribution is -2.21. The molecule has 3 aromatic rings. The summed E-state index contributed by atoms with van der Waals surface area (Å²) in [5.41, 5.74) is 3.59. The van der Waals surface area contributed by atoms with E-state index in [1.54, 1.807) is 19.2 Å². The predicted molar refractivity (Wildman–Crippen MR) is 106 cm³/mol. The second-order valence-corrected chi connectivity index (χ2v) is 9.43. The molecule has 0 unspecified atom stereocenters. The summed E-state index contributed by atoms with van der Waals surface area (Å²) in [7, 11) is -2.07. The maximum Gasteiger partial charge on any atom is 0.268 e. The molecule has 0 radical (unpaired) electrons. The van der Waals surface area contributed by atoms with E-state index < -0.39 is 10.0 Å². The second-order valence-electron chi connectivity index (χ2n) is 6.72. The highest BCUT2D eigenvalue weighted by atomic mass is 79.9. The van der Waals surface area contributed by atoms with Gasteiger partial charge in [0, 0.05) is 17.0 Å². The summed E-state index contributed by atoms with van der Waals surface area (Å²) in [4.78, 5) is 0.297. The Bertz CT molecular complexity index is 1080. The van der Waals surface area contributed by atoms with Crippen molar-refractivity contribution >= 4 is 36.9 Å². The number of aryl methyl sites for hydroxylation is 2. The van der Waals surface area contributed by atoms with Crippen molar-refractivity contribution in [2.45, 2.75) is 37.2 Å². The Labute approximate surface area is 162 Å². The summed E-state index contributed by atoms with van der Waals surface area (Å²) in [6.45, 7) is 1.95. The average Bonchev–Trinajstić information content (AvgIpc) is 2.96. The van der Waals surface area contributed by atoms with Crippen LogP contribution in [0.3, 0.4) is 0 Å². The van der Waals surface area contributed by atoms with E-state index in [0.29, 0.717) is 10.4 Å². The number of hydrogen-bond donors (Lipinski definition) is 0. The van der Waals surface area contributed by atoms with Gasteiger partial charge in [0.15, 0.2) is 0 Å². The van der Waals surface area contributed by atoms with E-state index in [1.165, 1.54) is 3.97 Å². The van der Waals surface area contributed by atoms with Gasteiger partial charge in [-0.15, -0.1) is 0 Å². The van der Waals surface area contributed by atoms with Gasteiger partial charge in [-0.25, -0.2) is 12.4 Å². The molecule has 0 bridgehead atoms. The Kier molecular flexibility index (Phi) is 4.45. The minimum atomic E-state index is -3.71. The molecule has 4 rings (SSSR count). The van der Waals surface area contributed by atoms with Crippen LogP contribution in [0.4, 0.5) is 0 Å². The molecule has 0 aliphatic heterocycles. The highest BCUT2D eigenvalue weighted by Crippen LogP contribution is 2.41. The zero-order valence-electron chi connectivity index (χ0n) is 14.7. The molecule has 0 saturated carbocycles. The van der Waals surface area contributed by atoms with Crippen LogP contribution in [0, 0.1) is 6.92 Å². The molecule has 1 aliphatic rings. The first kappa shape index (κ1) is 17.8. The molecular formula is C20H20BrNO3S. The largest absolute Gasteiger partial charge is 0.375 e. The molecule has 6 heteroatoms. The molecule has 1 atom stereocenters. The van der Waals surface area contributed by atoms with Gasteiger partial charge in [0.05, 0.1) is 22.2 Å². The van der Waals surface area contributed by atoms with E-state index in [-0.39, 0.29) is 6.10 Å². The van der Waals surface area contributed by atoms with Crippen molar-refractivity contribution in [2.24, 2.45) is 0 Å². The quantitative estimate of drug-likeness (QED) is 0.585. The normalized spacial score (nSPS) is 17.4. The van der Waals surface area contributed by atoms with E-state index in [4.69, 9.17) is 4.74 Å². The number of nitrogens with zero attached hydrogens (tertiary/aromatic N) is 1. The van der Waals surface area contributed by atoms with Crippen molar-refractivity contribution in [2.75, 3.05) is 7.11 Å². The standard InChI is InChI=1S/C20H20BrNO3S/c1-13-6-9-15(10-7-13)26(23,24)22-18-11-8-14(21)12-17(18)16-4-3-5-19(25-2)20(16)22/h6-12,19H,3-5H2,1-2H3/t19-/m1/s1. The molecule has 4 nitrogen and oxygen atoms in total. The Balaban J connectivity index is 2.07. The topological polar surface area (TPSA) is 48.3 Å². The van der Waals surface area contributed by atoms with Crippen LogP contribution in [-0.4, -0.2) is 19.5 Å². The molecule has 26 heavy (non-hydrogen) atoms. The summed E-state index contributed by atoms with van der Waals surface area (Å²) in [6, 6.07) is 12.8. The van der Waals surface area contributed by atoms with Crippen LogP contribution in [0.2, 0.25) is 0 Å². The lowest BCUT2D eigenvalue weighted by molar-refractivity contribution is 0.0842. The van der Waals surface area contributed by atoms with Gasteiger partial charge < -0.3 is 4.74 Å². The van der Waals surface area contributed by atoms with Gasteiger partial charge in [-0.3, -0.25) is 0 Å². The SMILES string of the molecule is CO[C@@H]1CCCc2c1n(S(=O)(=O)c1ccc(C)cc1)c1ccc(Br)cc21. The van der Waals surface area contributed by atoms with Gasteiger partial charge in [-0.1, -0.05) is 33.6 Å². The van der Waals surface area contributed by atoms with Crippen molar-refractivity contribution in [3.05, 3.63) is 63.8 Å². The minimum absolute atomic E-state index is 0.217. The molecule has 1 aliphatic carbocycles. The number of aromatic nitrogens is 1. The number of fused-ring (bicyclic) bond motifs is 3. The third-order valence-corrected chi connectivity index (χ3v) is 7.31. The average molecular weight is 434 g/mol. The van der Waals surface area contributed by atoms with Crippen LogP contribution >= 0.6 is 15.9 Å². The first-order valence-electron chi connectivity index (χ1n) is 8.61. The van der Waals surface area contributed by atoms with Gasteiger partial charge in [0.2, 0.25) is 0 Å². The first-order chi connectivity index (χ1) is 12.4. The Morgan fingerprint density at radius 3 is 2.58 bits per heavy atom. The Morgan fingerprint density at radius 1 is 1.15 bits per heavy atom. The number of halogens is 1. The third-order valence-electron chi connectivity index (χ3n) is 5.07. The molecule has 2 aromatic carbocycles. The fourth-order valence-electron chi connectivity index (χ4n) is 3.81. The summed E-state index contributed by atoms with van der Waals surface area (Å²) in [6.07, 6.45) is 2.45. The molecule has 1 heterocycles. The van der Waals surface area contributed by atoms with Crippen LogP contribution in [0.5, 0.6) is 0 Å². The maximum atomic E-state index is 13.5. The van der Waals surface area contributed by atoms with Crippen LogP contribution < -0.4 is 0 Å². The monoisotopic (exact) mass is 433 g/mol. The van der Waals surface area contributed by atoms with E-state index in [2.05, 4.69) is 15.9 Å². The van der Waals surface area contributed by atoms with E-state index in [0.717, 1.165) is 45.9 Å². The summed E-state index contributed by atoms with van der Waals surface area (Å²) >= 11 is 3.52. The number of methoxy groups -OCH3 is 1. The summed E-state index contributed by atoms with van der Waals surface area (Å²) < 4.78 is 35.2. The molecular weight excluding hydrogens is 414 g/mol.